The van der Waals surface area contributed by atoms with Crippen LogP contribution in [0.15, 0.2) is 36.5 Å². The van der Waals surface area contributed by atoms with E-state index in [1.165, 1.54) is 12.1 Å². The molecule has 3 aromatic rings. The maximum absolute atomic E-state index is 14.2. The van der Waals surface area contributed by atoms with E-state index in [1.807, 2.05) is 9.42 Å². The van der Waals surface area contributed by atoms with Crippen LogP contribution in [-0.2, 0) is 21.4 Å². The summed E-state index contributed by atoms with van der Waals surface area (Å²) in [4.78, 5) is 20.9. The van der Waals surface area contributed by atoms with Crippen LogP contribution < -0.4 is 10.2 Å². The highest BCUT2D eigenvalue weighted by molar-refractivity contribution is 6.34. The first-order valence-electron chi connectivity index (χ1n) is 14.6. The molecule has 0 bridgehead atoms. The van der Waals surface area contributed by atoms with Crippen LogP contribution in [0.3, 0.4) is 0 Å². The zero-order chi connectivity index (χ0) is 28.9. The van der Waals surface area contributed by atoms with E-state index in [0.29, 0.717) is 36.6 Å². The molecule has 3 atom stereocenters. The normalized spacial score (nSPS) is 25.1. The summed E-state index contributed by atoms with van der Waals surface area (Å²) in [7, 11) is 0. The van der Waals surface area contributed by atoms with Gasteiger partial charge in [0.2, 0.25) is 5.91 Å². The maximum atomic E-state index is 14.2. The molecule has 0 unspecified atom stereocenters. The molecule has 0 radical (unpaired) electrons. The predicted octanol–water partition coefficient (Wildman–Crippen LogP) is 3.72. The highest BCUT2D eigenvalue weighted by atomic mass is 35.5. The second kappa shape index (κ2) is 11.3. The lowest BCUT2D eigenvalue weighted by Gasteiger charge is -2.43. The molecule has 0 aliphatic carbocycles. The summed E-state index contributed by atoms with van der Waals surface area (Å²) < 4.78 is 21.2. The number of carbonyl (C=O) groups is 1. The molecule has 8 nitrogen and oxygen atoms in total. The van der Waals surface area contributed by atoms with Gasteiger partial charge in [0, 0.05) is 56.3 Å². The third-order valence-electron chi connectivity index (χ3n) is 8.90. The van der Waals surface area contributed by atoms with Crippen molar-refractivity contribution >= 4 is 28.7 Å². The summed E-state index contributed by atoms with van der Waals surface area (Å²) >= 11 is 6.66. The third kappa shape index (κ3) is 5.62. The molecule has 41 heavy (non-hydrogen) atoms. The Hall–Kier alpha value is -2.56. The van der Waals surface area contributed by atoms with E-state index in [4.69, 9.17) is 16.3 Å². The molecular formula is C31H40ClFN6O2. The minimum Gasteiger partial charge on any atom is -0.379 e. The van der Waals surface area contributed by atoms with E-state index in [2.05, 4.69) is 54.0 Å². The molecule has 1 N–H and O–H groups in total. The first kappa shape index (κ1) is 28.6. The van der Waals surface area contributed by atoms with E-state index in [0.717, 1.165) is 67.4 Å². The third-order valence-corrected chi connectivity index (χ3v) is 9.18. The molecule has 0 spiro atoms. The van der Waals surface area contributed by atoms with Crippen LogP contribution in [0.5, 0.6) is 0 Å². The van der Waals surface area contributed by atoms with Crippen molar-refractivity contribution in [3.8, 4) is 0 Å². The molecule has 10 heteroatoms. The zero-order valence-corrected chi connectivity index (χ0v) is 25.1. The molecule has 3 aliphatic heterocycles. The Morgan fingerprint density at radius 2 is 2.00 bits per heavy atom. The lowest BCUT2D eigenvalue weighted by Crippen LogP contribution is -2.62. The highest BCUT2D eigenvalue weighted by Gasteiger charge is 2.42. The number of pyridine rings is 1. The molecule has 2 aromatic heterocycles. The molecule has 2 fully saturated rings. The fourth-order valence-electron chi connectivity index (χ4n) is 6.74. The number of rotatable bonds is 6. The Bertz CT molecular complexity index is 1430. The lowest BCUT2D eigenvalue weighted by molar-refractivity contribution is -0.121. The molecule has 2 saturated heterocycles. The van der Waals surface area contributed by atoms with Crippen molar-refractivity contribution in [1.29, 1.82) is 0 Å². The number of aromatic nitrogens is 2. The van der Waals surface area contributed by atoms with E-state index >= 15 is 0 Å². The van der Waals surface area contributed by atoms with E-state index in [1.54, 1.807) is 18.3 Å². The Kier molecular flexibility index (Phi) is 7.84. The second-order valence-corrected chi connectivity index (χ2v) is 13.0. The van der Waals surface area contributed by atoms with E-state index < -0.39 is 0 Å². The summed E-state index contributed by atoms with van der Waals surface area (Å²) in [5.41, 5.74) is 4.33. The van der Waals surface area contributed by atoms with Gasteiger partial charge in [-0.1, -0.05) is 37.6 Å². The summed E-state index contributed by atoms with van der Waals surface area (Å²) in [6, 6.07) is 9.55. The van der Waals surface area contributed by atoms with Crippen LogP contribution in [0, 0.1) is 5.82 Å². The number of morpholine rings is 1. The van der Waals surface area contributed by atoms with Gasteiger partial charge in [-0.25, -0.2) is 8.91 Å². The van der Waals surface area contributed by atoms with Crippen molar-refractivity contribution in [1.82, 2.24) is 24.7 Å². The number of halogens is 2. The number of amides is 1. The average Bonchev–Trinajstić information content (AvgIpc) is 3.44. The number of piperazine rings is 1. The SMILES string of the molecule is C[C@@H]1CN(CC(=O)N2CC(C)(C)c3c2cc(Cc2ccc(F)cc2)c2c(Cl)cnn32)[C@@H](CN2CCOC[C@H]2C)CN1. The number of ether oxygens (including phenoxy) is 1. The standard InChI is InChI=1S/C31H40ClFN6O2/c1-20-15-37(25(13-34-20)16-36-9-10-41-18-21(36)2)17-28(40)38-19-31(3,4)30-27(38)12-23(29-26(32)14-35-39(29)30)11-22-5-7-24(33)8-6-22/h5-8,12,14,20-21,25,34H,9-11,13,15-19H2,1-4H3/t20-,21-,25-/m1/s1. The van der Waals surface area contributed by atoms with Gasteiger partial charge in [-0.15, -0.1) is 0 Å². The maximum Gasteiger partial charge on any atom is 0.241 e. The van der Waals surface area contributed by atoms with Gasteiger partial charge in [0.1, 0.15) is 5.82 Å². The van der Waals surface area contributed by atoms with Crippen LogP contribution in [0.4, 0.5) is 10.1 Å². The number of fused-ring (bicyclic) bond motifs is 3. The van der Waals surface area contributed by atoms with Gasteiger partial charge in [0.05, 0.1) is 47.9 Å². The minimum atomic E-state index is -0.313. The van der Waals surface area contributed by atoms with Gasteiger partial charge in [-0.3, -0.25) is 14.6 Å². The molecule has 220 valence electrons. The monoisotopic (exact) mass is 582 g/mol. The first-order valence-corrected chi connectivity index (χ1v) is 15.0. The van der Waals surface area contributed by atoms with E-state index in [-0.39, 0.29) is 23.2 Å². The Balaban J connectivity index is 1.30. The molecule has 6 rings (SSSR count). The predicted molar refractivity (Wildman–Crippen MR) is 159 cm³/mol. The van der Waals surface area contributed by atoms with Crippen LogP contribution >= 0.6 is 11.6 Å². The number of nitrogens with zero attached hydrogens (tertiary/aromatic N) is 5. The zero-order valence-electron chi connectivity index (χ0n) is 24.4. The van der Waals surface area contributed by atoms with Crippen molar-refractivity contribution in [2.24, 2.45) is 0 Å². The summed E-state index contributed by atoms with van der Waals surface area (Å²) in [6.07, 6.45) is 2.23. The fourth-order valence-corrected chi connectivity index (χ4v) is 6.98. The Labute approximate surface area is 246 Å². The summed E-state index contributed by atoms with van der Waals surface area (Å²) in [6.45, 7) is 14.6. The smallest absolute Gasteiger partial charge is 0.241 e. The fraction of sp³-hybridized carbons (Fsp3) is 0.548. The van der Waals surface area contributed by atoms with Crippen LogP contribution in [-0.4, -0.2) is 95.9 Å². The summed E-state index contributed by atoms with van der Waals surface area (Å²) in [5, 5.41) is 8.85. The average molecular weight is 583 g/mol. The van der Waals surface area contributed by atoms with Gasteiger partial charge >= 0.3 is 0 Å². The van der Waals surface area contributed by atoms with Gasteiger partial charge in [-0.05, 0) is 49.6 Å². The van der Waals surface area contributed by atoms with Gasteiger partial charge < -0.3 is 15.0 Å². The van der Waals surface area contributed by atoms with Crippen molar-refractivity contribution in [3.63, 3.8) is 0 Å². The molecule has 1 amide bonds. The van der Waals surface area contributed by atoms with Gasteiger partial charge in [-0.2, -0.15) is 5.10 Å². The van der Waals surface area contributed by atoms with Crippen LogP contribution in [0.1, 0.15) is 44.5 Å². The van der Waals surface area contributed by atoms with Gasteiger partial charge in [0.15, 0.2) is 0 Å². The molecule has 5 heterocycles. The number of benzene rings is 1. The molecule has 0 saturated carbocycles. The number of nitrogens with one attached hydrogen (secondary N) is 1. The lowest BCUT2D eigenvalue weighted by atomic mass is 9.90. The van der Waals surface area contributed by atoms with Crippen molar-refractivity contribution < 1.29 is 13.9 Å². The number of hydrogen-bond donors (Lipinski definition) is 1. The van der Waals surface area contributed by atoms with Crippen molar-refractivity contribution in [2.75, 3.05) is 57.4 Å². The van der Waals surface area contributed by atoms with Crippen molar-refractivity contribution in [2.45, 2.75) is 57.7 Å². The topological polar surface area (TPSA) is 65.4 Å². The molecule has 1 aromatic carbocycles. The summed E-state index contributed by atoms with van der Waals surface area (Å²) in [5.74, 6) is -0.173. The minimum absolute atomic E-state index is 0.0938. The largest absolute Gasteiger partial charge is 0.379 e. The van der Waals surface area contributed by atoms with E-state index in [9.17, 15) is 9.18 Å². The number of carbonyl (C=O) groups excluding carboxylic acids is 1. The second-order valence-electron chi connectivity index (χ2n) is 12.6. The quantitative estimate of drug-likeness (QED) is 0.478. The first-order chi connectivity index (χ1) is 19.6. The Morgan fingerprint density at radius 1 is 1.22 bits per heavy atom. The van der Waals surface area contributed by atoms with Crippen LogP contribution in [0.2, 0.25) is 5.02 Å². The number of anilines is 1. The van der Waals surface area contributed by atoms with Gasteiger partial charge in [0.25, 0.3) is 0 Å². The van der Waals surface area contributed by atoms with Crippen molar-refractivity contribution in [3.05, 3.63) is 64.2 Å². The highest BCUT2D eigenvalue weighted by Crippen LogP contribution is 2.43. The van der Waals surface area contributed by atoms with Crippen LogP contribution in [0.25, 0.3) is 5.52 Å². The molecule has 3 aliphatic rings. The Morgan fingerprint density at radius 3 is 2.76 bits per heavy atom. The molecular weight excluding hydrogens is 543 g/mol. The number of hydrogen-bond acceptors (Lipinski definition) is 6.